The highest BCUT2D eigenvalue weighted by Gasteiger charge is 2.20. The van der Waals surface area contributed by atoms with Crippen LogP contribution in [0.25, 0.3) is 0 Å². The van der Waals surface area contributed by atoms with Crippen LogP contribution in [0.5, 0.6) is 5.75 Å². The van der Waals surface area contributed by atoms with Crippen LogP contribution in [0.3, 0.4) is 0 Å². The summed E-state index contributed by atoms with van der Waals surface area (Å²) in [5.41, 5.74) is 2.82. The number of ether oxygens (including phenoxy) is 1. The summed E-state index contributed by atoms with van der Waals surface area (Å²) in [5, 5.41) is 7.22. The molecule has 0 aliphatic carbocycles. The van der Waals surface area contributed by atoms with Crippen LogP contribution in [0.2, 0.25) is 10.0 Å². The highest BCUT2D eigenvalue weighted by Crippen LogP contribution is 2.30. The molecule has 1 amide bonds. The second kappa shape index (κ2) is 12.2. The molecule has 35 heavy (non-hydrogen) atoms. The number of para-hydroxylation sites is 1. The summed E-state index contributed by atoms with van der Waals surface area (Å²) in [5.74, 6) is 0.275. The van der Waals surface area contributed by atoms with E-state index in [-0.39, 0.29) is 17.6 Å². The van der Waals surface area contributed by atoms with E-state index in [4.69, 9.17) is 40.2 Å². The third-order valence-electron chi connectivity index (χ3n) is 5.64. The molecule has 0 spiro atoms. The van der Waals surface area contributed by atoms with E-state index < -0.39 is 0 Å². The Morgan fingerprint density at radius 1 is 0.914 bits per heavy atom. The van der Waals surface area contributed by atoms with Crippen molar-refractivity contribution in [3.63, 3.8) is 0 Å². The predicted molar refractivity (Wildman–Crippen MR) is 147 cm³/mol. The third kappa shape index (κ3) is 7.32. The molecule has 182 valence electrons. The standard InChI is InChI=1S/C26H26Cl2N4O2S/c27-22-9-5-4-6-19(22)17-31-12-14-32(15-13-31)24-11-10-20(16-23(24)28)29-26(35)30-25(33)18-34-21-7-2-1-3-8-21/h1-11,16H,12-15,17-18H2,(H2,29,30,33,35). The molecule has 2 N–H and O–H groups in total. The van der Waals surface area contributed by atoms with Crippen LogP contribution in [0.4, 0.5) is 11.4 Å². The van der Waals surface area contributed by atoms with Crippen LogP contribution in [0.15, 0.2) is 72.8 Å². The van der Waals surface area contributed by atoms with Gasteiger partial charge in [-0.2, -0.15) is 0 Å². The van der Waals surface area contributed by atoms with Gasteiger partial charge in [0.2, 0.25) is 0 Å². The zero-order chi connectivity index (χ0) is 24.6. The van der Waals surface area contributed by atoms with Gasteiger partial charge in [-0.3, -0.25) is 15.0 Å². The minimum atomic E-state index is -0.344. The molecule has 9 heteroatoms. The number of halogens is 2. The van der Waals surface area contributed by atoms with Gasteiger partial charge in [0, 0.05) is 43.4 Å². The number of carbonyl (C=O) groups excluding carboxylic acids is 1. The Bertz CT molecular complexity index is 1170. The highest BCUT2D eigenvalue weighted by atomic mass is 35.5. The number of carbonyl (C=O) groups is 1. The number of hydrogen-bond donors (Lipinski definition) is 2. The average molecular weight is 529 g/mol. The van der Waals surface area contributed by atoms with Crippen molar-refractivity contribution in [3.05, 3.63) is 88.4 Å². The number of thiocarbonyl (C=S) groups is 1. The van der Waals surface area contributed by atoms with Crippen LogP contribution in [0.1, 0.15) is 5.56 Å². The Kier molecular flexibility index (Phi) is 8.82. The van der Waals surface area contributed by atoms with Crippen molar-refractivity contribution >= 4 is 57.8 Å². The Balaban J connectivity index is 1.25. The van der Waals surface area contributed by atoms with E-state index in [0.29, 0.717) is 16.5 Å². The first-order chi connectivity index (χ1) is 17.0. The number of nitrogens with zero attached hydrogens (tertiary/aromatic N) is 2. The number of benzene rings is 3. The molecule has 1 saturated heterocycles. The van der Waals surface area contributed by atoms with Gasteiger partial charge in [-0.15, -0.1) is 0 Å². The highest BCUT2D eigenvalue weighted by molar-refractivity contribution is 7.80. The SMILES string of the molecule is O=C(COc1ccccc1)NC(=S)Nc1ccc(N2CCN(Cc3ccccc3Cl)CC2)c(Cl)c1. The lowest BCUT2D eigenvalue weighted by atomic mass is 10.2. The summed E-state index contributed by atoms with van der Waals surface area (Å²) in [7, 11) is 0. The van der Waals surface area contributed by atoms with Crippen LogP contribution in [-0.2, 0) is 11.3 Å². The molecule has 3 aromatic carbocycles. The van der Waals surface area contributed by atoms with Crippen LogP contribution >= 0.6 is 35.4 Å². The van der Waals surface area contributed by atoms with Gasteiger partial charge in [0.15, 0.2) is 11.7 Å². The van der Waals surface area contributed by atoms with Crippen molar-refractivity contribution in [2.45, 2.75) is 6.54 Å². The van der Waals surface area contributed by atoms with Crippen LogP contribution < -0.4 is 20.3 Å². The van der Waals surface area contributed by atoms with E-state index >= 15 is 0 Å². The Hall–Kier alpha value is -2.84. The molecule has 1 aliphatic rings. The van der Waals surface area contributed by atoms with E-state index in [1.165, 1.54) is 0 Å². The van der Waals surface area contributed by atoms with Gasteiger partial charge in [0.25, 0.3) is 5.91 Å². The Labute approximate surface area is 220 Å². The maximum Gasteiger partial charge on any atom is 0.264 e. The van der Waals surface area contributed by atoms with E-state index in [1.807, 2.05) is 54.6 Å². The molecular formula is C26H26Cl2N4O2S. The fraction of sp³-hybridized carbons (Fsp3) is 0.231. The summed E-state index contributed by atoms with van der Waals surface area (Å²) in [6, 6.07) is 22.8. The van der Waals surface area contributed by atoms with Gasteiger partial charge in [-0.05, 0) is 54.2 Å². The molecule has 0 bridgehead atoms. The van der Waals surface area contributed by atoms with Gasteiger partial charge >= 0.3 is 0 Å². The molecule has 1 aliphatic heterocycles. The van der Waals surface area contributed by atoms with Gasteiger partial charge in [0.05, 0.1) is 10.7 Å². The fourth-order valence-electron chi connectivity index (χ4n) is 3.85. The molecule has 0 unspecified atom stereocenters. The van der Waals surface area contributed by atoms with Gasteiger partial charge in [-0.25, -0.2) is 0 Å². The molecule has 3 aromatic rings. The predicted octanol–water partition coefficient (Wildman–Crippen LogP) is 5.21. The minimum absolute atomic E-state index is 0.131. The molecule has 0 saturated carbocycles. The maximum atomic E-state index is 12.1. The van der Waals surface area contributed by atoms with Gasteiger partial charge < -0.3 is 15.0 Å². The molecule has 0 aromatic heterocycles. The van der Waals surface area contributed by atoms with E-state index in [0.717, 1.165) is 49.0 Å². The molecule has 6 nitrogen and oxygen atoms in total. The number of anilines is 2. The minimum Gasteiger partial charge on any atom is -0.484 e. The average Bonchev–Trinajstić information content (AvgIpc) is 2.85. The smallest absolute Gasteiger partial charge is 0.264 e. The topological polar surface area (TPSA) is 56.8 Å². The molecule has 1 fully saturated rings. The summed E-state index contributed by atoms with van der Waals surface area (Å²) < 4.78 is 5.43. The van der Waals surface area contributed by atoms with Crippen molar-refractivity contribution in [3.8, 4) is 5.75 Å². The van der Waals surface area contributed by atoms with Crippen LogP contribution in [0, 0.1) is 0 Å². The number of nitrogens with one attached hydrogen (secondary N) is 2. The summed E-state index contributed by atoms with van der Waals surface area (Å²) >= 11 is 18.2. The van der Waals surface area contributed by atoms with E-state index in [2.05, 4.69) is 26.5 Å². The molecule has 0 radical (unpaired) electrons. The first-order valence-corrected chi connectivity index (χ1v) is 12.4. The Morgan fingerprint density at radius 2 is 1.63 bits per heavy atom. The zero-order valence-corrected chi connectivity index (χ0v) is 21.4. The summed E-state index contributed by atoms with van der Waals surface area (Å²) in [6.07, 6.45) is 0. The van der Waals surface area contributed by atoms with Crippen molar-refractivity contribution in [1.29, 1.82) is 0 Å². The number of amides is 1. The van der Waals surface area contributed by atoms with Crippen molar-refractivity contribution in [2.24, 2.45) is 0 Å². The monoisotopic (exact) mass is 528 g/mol. The quantitative estimate of drug-likeness (QED) is 0.410. The Morgan fingerprint density at radius 3 is 2.34 bits per heavy atom. The number of hydrogen-bond acceptors (Lipinski definition) is 5. The van der Waals surface area contributed by atoms with Crippen molar-refractivity contribution in [1.82, 2.24) is 10.2 Å². The molecular weight excluding hydrogens is 503 g/mol. The van der Waals surface area contributed by atoms with Gasteiger partial charge in [-0.1, -0.05) is 59.6 Å². The summed E-state index contributed by atoms with van der Waals surface area (Å²) in [4.78, 5) is 16.8. The lowest BCUT2D eigenvalue weighted by Gasteiger charge is -2.36. The second-order valence-corrected chi connectivity index (χ2v) is 9.35. The summed E-state index contributed by atoms with van der Waals surface area (Å²) in [6.45, 7) is 4.28. The maximum absolute atomic E-state index is 12.1. The van der Waals surface area contributed by atoms with E-state index in [9.17, 15) is 4.79 Å². The number of rotatable bonds is 7. The zero-order valence-electron chi connectivity index (χ0n) is 19.0. The molecule has 4 rings (SSSR count). The van der Waals surface area contributed by atoms with Crippen LogP contribution in [-0.4, -0.2) is 48.7 Å². The molecule has 1 heterocycles. The van der Waals surface area contributed by atoms with E-state index in [1.54, 1.807) is 12.1 Å². The van der Waals surface area contributed by atoms with Crippen molar-refractivity contribution < 1.29 is 9.53 Å². The first-order valence-electron chi connectivity index (χ1n) is 11.3. The number of piperazine rings is 1. The lowest BCUT2D eigenvalue weighted by Crippen LogP contribution is -2.46. The van der Waals surface area contributed by atoms with Gasteiger partial charge in [0.1, 0.15) is 5.75 Å². The fourth-order valence-corrected chi connectivity index (χ4v) is 4.57. The third-order valence-corrected chi connectivity index (χ3v) is 6.51. The normalized spacial score (nSPS) is 13.8. The second-order valence-electron chi connectivity index (χ2n) is 8.12. The first kappa shape index (κ1) is 25.3. The molecule has 0 atom stereocenters. The van der Waals surface area contributed by atoms with Crippen molar-refractivity contribution in [2.75, 3.05) is 43.0 Å². The largest absolute Gasteiger partial charge is 0.484 e. The lowest BCUT2D eigenvalue weighted by molar-refractivity contribution is -0.121.